The number of benzene rings is 2. The summed E-state index contributed by atoms with van der Waals surface area (Å²) in [5.41, 5.74) is 0.191. The zero-order valence-corrected chi connectivity index (χ0v) is 11.5. The SMILES string of the molecule is CCCOc1ccc(Nc2c(F)cc(C#N)cc2F)cc1. The molecule has 0 aromatic heterocycles. The molecule has 0 bridgehead atoms. The highest BCUT2D eigenvalue weighted by molar-refractivity contribution is 5.62. The van der Waals surface area contributed by atoms with E-state index < -0.39 is 11.6 Å². The first kappa shape index (κ1) is 14.8. The van der Waals surface area contributed by atoms with Crippen LogP contribution in [0.5, 0.6) is 5.75 Å². The Labute approximate surface area is 121 Å². The summed E-state index contributed by atoms with van der Waals surface area (Å²) in [6.45, 7) is 2.62. The Morgan fingerprint density at radius 2 is 1.76 bits per heavy atom. The van der Waals surface area contributed by atoms with Crippen molar-refractivity contribution in [2.75, 3.05) is 11.9 Å². The standard InChI is InChI=1S/C16H14F2N2O/c1-2-7-21-13-5-3-12(4-6-13)20-16-14(17)8-11(10-19)9-15(16)18/h3-6,8-9,20H,2,7H2,1H3. The van der Waals surface area contributed by atoms with Crippen molar-refractivity contribution in [3.05, 3.63) is 53.6 Å². The van der Waals surface area contributed by atoms with Gasteiger partial charge in [0.2, 0.25) is 0 Å². The van der Waals surface area contributed by atoms with Crippen molar-refractivity contribution < 1.29 is 13.5 Å². The highest BCUT2D eigenvalue weighted by Crippen LogP contribution is 2.25. The fourth-order valence-electron chi connectivity index (χ4n) is 1.76. The minimum absolute atomic E-state index is 0.0566. The summed E-state index contributed by atoms with van der Waals surface area (Å²) in [6.07, 6.45) is 0.904. The molecule has 0 aliphatic heterocycles. The molecule has 0 saturated carbocycles. The molecule has 0 radical (unpaired) electrons. The number of hydrogen-bond donors (Lipinski definition) is 1. The molecule has 21 heavy (non-hydrogen) atoms. The van der Waals surface area contributed by atoms with Crippen LogP contribution >= 0.6 is 0 Å². The number of ether oxygens (including phenoxy) is 1. The number of anilines is 2. The van der Waals surface area contributed by atoms with E-state index in [9.17, 15) is 8.78 Å². The molecule has 0 fully saturated rings. The van der Waals surface area contributed by atoms with Crippen LogP contribution in [0.15, 0.2) is 36.4 Å². The average Bonchev–Trinajstić information content (AvgIpc) is 2.49. The summed E-state index contributed by atoms with van der Waals surface area (Å²) in [6, 6.07) is 10.5. The molecule has 0 aliphatic rings. The number of hydrogen-bond acceptors (Lipinski definition) is 3. The van der Waals surface area contributed by atoms with Crippen LogP contribution in [0.25, 0.3) is 0 Å². The molecule has 0 heterocycles. The maximum Gasteiger partial charge on any atom is 0.150 e. The number of halogens is 2. The van der Waals surface area contributed by atoms with Crippen LogP contribution in [0.4, 0.5) is 20.2 Å². The minimum Gasteiger partial charge on any atom is -0.494 e. The van der Waals surface area contributed by atoms with E-state index in [1.54, 1.807) is 30.3 Å². The van der Waals surface area contributed by atoms with E-state index in [2.05, 4.69) is 5.32 Å². The molecule has 2 aromatic rings. The van der Waals surface area contributed by atoms with E-state index in [1.165, 1.54) is 0 Å². The summed E-state index contributed by atoms with van der Waals surface area (Å²) in [5.74, 6) is -0.918. The van der Waals surface area contributed by atoms with Gasteiger partial charge in [-0.2, -0.15) is 5.26 Å². The van der Waals surface area contributed by atoms with E-state index in [-0.39, 0.29) is 11.3 Å². The van der Waals surface area contributed by atoms with Crippen molar-refractivity contribution in [2.45, 2.75) is 13.3 Å². The Hall–Kier alpha value is -2.61. The normalized spacial score (nSPS) is 10.0. The van der Waals surface area contributed by atoms with Crippen molar-refractivity contribution in [3.8, 4) is 11.8 Å². The Bertz CT molecular complexity index is 640. The minimum atomic E-state index is -0.808. The quantitative estimate of drug-likeness (QED) is 0.888. The van der Waals surface area contributed by atoms with Gasteiger partial charge >= 0.3 is 0 Å². The van der Waals surface area contributed by atoms with Crippen LogP contribution in [0.3, 0.4) is 0 Å². The van der Waals surface area contributed by atoms with E-state index in [0.29, 0.717) is 18.0 Å². The second kappa shape index (κ2) is 6.71. The molecule has 2 aromatic carbocycles. The largest absolute Gasteiger partial charge is 0.494 e. The summed E-state index contributed by atoms with van der Waals surface area (Å²) in [7, 11) is 0. The van der Waals surface area contributed by atoms with Gasteiger partial charge in [-0.3, -0.25) is 0 Å². The maximum absolute atomic E-state index is 13.8. The Balaban J connectivity index is 2.17. The van der Waals surface area contributed by atoms with Crippen LogP contribution in [0.2, 0.25) is 0 Å². The molecule has 5 heteroatoms. The summed E-state index contributed by atoms with van der Waals surface area (Å²) < 4.78 is 32.9. The molecule has 1 N–H and O–H groups in total. The first-order chi connectivity index (χ1) is 10.1. The molecular formula is C16H14F2N2O. The average molecular weight is 288 g/mol. The van der Waals surface area contributed by atoms with Crippen molar-refractivity contribution in [2.24, 2.45) is 0 Å². The van der Waals surface area contributed by atoms with E-state index in [1.807, 2.05) is 6.92 Å². The molecule has 2 rings (SSSR count). The van der Waals surface area contributed by atoms with Crippen molar-refractivity contribution in [3.63, 3.8) is 0 Å². The smallest absolute Gasteiger partial charge is 0.150 e. The molecule has 0 aliphatic carbocycles. The van der Waals surface area contributed by atoms with Gasteiger partial charge in [-0.05, 0) is 42.8 Å². The number of nitrogens with one attached hydrogen (secondary N) is 1. The third-order valence-electron chi connectivity index (χ3n) is 2.77. The zero-order valence-electron chi connectivity index (χ0n) is 11.5. The van der Waals surface area contributed by atoms with Gasteiger partial charge in [0.25, 0.3) is 0 Å². The second-order valence-corrected chi connectivity index (χ2v) is 4.42. The van der Waals surface area contributed by atoms with Gasteiger partial charge in [0.1, 0.15) is 11.4 Å². The molecule has 0 unspecified atom stereocenters. The Morgan fingerprint density at radius 3 is 2.29 bits per heavy atom. The monoisotopic (exact) mass is 288 g/mol. The molecule has 108 valence electrons. The fourth-order valence-corrected chi connectivity index (χ4v) is 1.76. The first-order valence-electron chi connectivity index (χ1n) is 6.53. The Morgan fingerprint density at radius 1 is 1.14 bits per heavy atom. The van der Waals surface area contributed by atoms with Crippen molar-refractivity contribution in [1.29, 1.82) is 5.26 Å². The third-order valence-corrected chi connectivity index (χ3v) is 2.77. The van der Waals surface area contributed by atoms with Crippen LogP contribution in [0.1, 0.15) is 18.9 Å². The van der Waals surface area contributed by atoms with Gasteiger partial charge in [-0.1, -0.05) is 6.92 Å². The number of rotatable bonds is 5. The molecule has 0 saturated heterocycles. The zero-order chi connectivity index (χ0) is 15.2. The lowest BCUT2D eigenvalue weighted by Crippen LogP contribution is -1.99. The molecular weight excluding hydrogens is 274 g/mol. The predicted octanol–water partition coefficient (Wildman–Crippen LogP) is 4.37. The fraction of sp³-hybridized carbons (Fsp3) is 0.188. The van der Waals surface area contributed by atoms with Gasteiger partial charge < -0.3 is 10.1 Å². The van der Waals surface area contributed by atoms with E-state index in [0.717, 1.165) is 18.6 Å². The summed E-state index contributed by atoms with van der Waals surface area (Å²) in [4.78, 5) is 0. The number of nitrogens with zero attached hydrogens (tertiary/aromatic N) is 1. The van der Waals surface area contributed by atoms with Gasteiger partial charge in [0, 0.05) is 5.69 Å². The lowest BCUT2D eigenvalue weighted by atomic mass is 10.2. The number of nitriles is 1. The van der Waals surface area contributed by atoms with Gasteiger partial charge in [0.05, 0.1) is 18.2 Å². The first-order valence-corrected chi connectivity index (χ1v) is 6.53. The van der Waals surface area contributed by atoms with Crippen LogP contribution in [-0.4, -0.2) is 6.61 Å². The van der Waals surface area contributed by atoms with Crippen LogP contribution < -0.4 is 10.1 Å². The second-order valence-electron chi connectivity index (χ2n) is 4.42. The van der Waals surface area contributed by atoms with Gasteiger partial charge in [-0.25, -0.2) is 8.78 Å². The maximum atomic E-state index is 13.8. The topological polar surface area (TPSA) is 45.0 Å². The van der Waals surface area contributed by atoms with Gasteiger partial charge in [-0.15, -0.1) is 0 Å². The van der Waals surface area contributed by atoms with Crippen LogP contribution in [0, 0.1) is 23.0 Å². The van der Waals surface area contributed by atoms with Crippen LogP contribution in [-0.2, 0) is 0 Å². The molecule has 3 nitrogen and oxygen atoms in total. The highest BCUT2D eigenvalue weighted by atomic mass is 19.1. The molecule has 0 amide bonds. The Kier molecular flexibility index (Phi) is 4.72. The molecule has 0 spiro atoms. The summed E-state index contributed by atoms with van der Waals surface area (Å²) in [5, 5.41) is 11.3. The third kappa shape index (κ3) is 3.69. The summed E-state index contributed by atoms with van der Waals surface area (Å²) >= 11 is 0. The van der Waals surface area contributed by atoms with Crippen molar-refractivity contribution >= 4 is 11.4 Å². The molecule has 0 atom stereocenters. The highest BCUT2D eigenvalue weighted by Gasteiger charge is 2.11. The van der Waals surface area contributed by atoms with Crippen molar-refractivity contribution in [1.82, 2.24) is 0 Å². The van der Waals surface area contributed by atoms with E-state index >= 15 is 0 Å². The lowest BCUT2D eigenvalue weighted by Gasteiger charge is -2.10. The predicted molar refractivity (Wildman–Crippen MR) is 76.6 cm³/mol. The lowest BCUT2D eigenvalue weighted by molar-refractivity contribution is 0.317. The van der Waals surface area contributed by atoms with E-state index in [4.69, 9.17) is 10.00 Å². The van der Waals surface area contributed by atoms with Gasteiger partial charge in [0.15, 0.2) is 11.6 Å².